The Kier molecular flexibility index (Phi) is 8.32. The van der Waals surface area contributed by atoms with E-state index in [2.05, 4.69) is 10.3 Å². The van der Waals surface area contributed by atoms with E-state index in [1.165, 1.54) is 6.92 Å². The van der Waals surface area contributed by atoms with Crippen molar-refractivity contribution >= 4 is 28.5 Å². The summed E-state index contributed by atoms with van der Waals surface area (Å²) in [7, 11) is 0. The molecule has 0 radical (unpaired) electrons. The standard InChI is InChI=1S/C31H35N3O6/c1-19(36)7-6-12-27(37)34(15-13-21-17-20-8-2-4-10-24(20)33-21)25-18-23(31(39)32-14-16-35)28-22-9-3-5-11-26(22)40-30(28)29(25)38/h2-5,8-11,17-18,25,28-30,33,35,38H,6-7,12-16H2,1H3,(H,32,39). The summed E-state index contributed by atoms with van der Waals surface area (Å²) in [5.74, 6) is -0.486. The van der Waals surface area contributed by atoms with Gasteiger partial charge in [-0.1, -0.05) is 36.4 Å². The summed E-state index contributed by atoms with van der Waals surface area (Å²) in [5.41, 5.74) is 3.14. The van der Waals surface area contributed by atoms with Crippen molar-refractivity contribution in [3.05, 3.63) is 77.5 Å². The number of Topliss-reactive ketones (excluding diaryl/α,β-unsaturated/α-hetero) is 1. The minimum absolute atomic E-state index is 0.0119. The average Bonchev–Trinajstić information content (AvgIpc) is 3.54. The fourth-order valence-electron chi connectivity index (χ4n) is 5.77. The Labute approximate surface area is 232 Å². The fraction of sp³-hybridized carbons (Fsp3) is 0.387. The van der Waals surface area contributed by atoms with E-state index in [9.17, 15) is 24.6 Å². The highest BCUT2D eigenvalue weighted by Gasteiger charge is 2.50. The van der Waals surface area contributed by atoms with Crippen molar-refractivity contribution in [3.63, 3.8) is 0 Å². The number of amides is 2. The van der Waals surface area contributed by atoms with Gasteiger partial charge in [-0.05, 0) is 43.0 Å². The first kappa shape index (κ1) is 27.6. The normalized spacial score (nSPS) is 21.2. The second-order valence-corrected chi connectivity index (χ2v) is 10.5. The van der Waals surface area contributed by atoms with Crippen LogP contribution >= 0.6 is 0 Å². The lowest BCUT2D eigenvalue weighted by Crippen LogP contribution is -2.56. The highest BCUT2D eigenvalue weighted by molar-refractivity contribution is 5.96. The molecule has 9 nitrogen and oxygen atoms in total. The number of aliphatic hydroxyl groups excluding tert-OH is 2. The number of nitrogens with zero attached hydrogens (tertiary/aromatic N) is 1. The number of carbonyl (C=O) groups excluding carboxylic acids is 3. The molecule has 2 aliphatic rings. The molecule has 0 bridgehead atoms. The third-order valence-corrected chi connectivity index (χ3v) is 7.68. The highest BCUT2D eigenvalue weighted by Crippen LogP contribution is 2.47. The maximum atomic E-state index is 13.6. The van der Waals surface area contributed by atoms with Gasteiger partial charge in [-0.25, -0.2) is 0 Å². The van der Waals surface area contributed by atoms with E-state index in [-0.39, 0.29) is 37.2 Å². The van der Waals surface area contributed by atoms with Crippen LogP contribution in [0, 0.1) is 0 Å². The molecule has 40 heavy (non-hydrogen) atoms. The molecule has 1 aliphatic carbocycles. The molecule has 4 unspecified atom stereocenters. The smallest absolute Gasteiger partial charge is 0.247 e. The number of nitrogens with one attached hydrogen (secondary N) is 2. The van der Waals surface area contributed by atoms with E-state index in [4.69, 9.17) is 4.74 Å². The molecular weight excluding hydrogens is 510 g/mol. The van der Waals surface area contributed by atoms with E-state index in [1.54, 1.807) is 17.0 Å². The summed E-state index contributed by atoms with van der Waals surface area (Å²) in [5, 5.41) is 24.7. The van der Waals surface area contributed by atoms with Crippen molar-refractivity contribution in [2.75, 3.05) is 19.7 Å². The molecule has 2 heterocycles. The van der Waals surface area contributed by atoms with Gasteiger partial charge in [-0.15, -0.1) is 0 Å². The number of ketones is 1. The van der Waals surface area contributed by atoms with Crippen LogP contribution in [0.2, 0.25) is 0 Å². The van der Waals surface area contributed by atoms with Crippen molar-refractivity contribution in [1.29, 1.82) is 0 Å². The largest absolute Gasteiger partial charge is 0.486 e. The first-order valence-electron chi connectivity index (χ1n) is 13.8. The first-order valence-corrected chi connectivity index (χ1v) is 13.8. The molecule has 1 aliphatic heterocycles. The van der Waals surface area contributed by atoms with Crippen LogP contribution in [0.1, 0.15) is 43.4 Å². The number of aliphatic hydroxyl groups is 2. The summed E-state index contributed by atoms with van der Waals surface area (Å²) < 4.78 is 6.17. The molecule has 9 heteroatoms. The minimum Gasteiger partial charge on any atom is -0.486 e. The number of benzene rings is 2. The second kappa shape index (κ2) is 12.1. The molecule has 0 saturated carbocycles. The van der Waals surface area contributed by atoms with Crippen LogP contribution in [-0.2, 0) is 20.8 Å². The molecule has 4 N–H and O–H groups in total. The van der Waals surface area contributed by atoms with Crippen LogP contribution in [0.15, 0.2) is 66.2 Å². The second-order valence-electron chi connectivity index (χ2n) is 10.5. The maximum absolute atomic E-state index is 13.6. The van der Waals surface area contributed by atoms with Crippen LogP contribution in [0.4, 0.5) is 0 Å². The van der Waals surface area contributed by atoms with Gasteiger partial charge in [-0.2, -0.15) is 0 Å². The summed E-state index contributed by atoms with van der Waals surface area (Å²) >= 11 is 0. The molecule has 0 saturated heterocycles. The predicted molar refractivity (Wildman–Crippen MR) is 150 cm³/mol. The minimum atomic E-state index is -1.09. The Morgan fingerprint density at radius 2 is 1.85 bits per heavy atom. The highest BCUT2D eigenvalue weighted by atomic mass is 16.5. The van der Waals surface area contributed by atoms with Crippen LogP contribution in [0.3, 0.4) is 0 Å². The van der Waals surface area contributed by atoms with E-state index < -0.39 is 24.2 Å². The van der Waals surface area contributed by atoms with Gasteiger partial charge < -0.3 is 34.9 Å². The van der Waals surface area contributed by atoms with Gasteiger partial charge in [0.15, 0.2) is 0 Å². The summed E-state index contributed by atoms with van der Waals surface area (Å²) in [4.78, 5) is 43.4. The molecule has 4 atom stereocenters. The zero-order valence-electron chi connectivity index (χ0n) is 22.5. The number of aromatic nitrogens is 1. The molecule has 3 aromatic rings. The molecule has 1 aromatic heterocycles. The lowest BCUT2D eigenvalue weighted by molar-refractivity contribution is -0.137. The van der Waals surface area contributed by atoms with Crippen molar-refractivity contribution in [1.82, 2.24) is 15.2 Å². The van der Waals surface area contributed by atoms with Gasteiger partial charge in [0, 0.05) is 54.7 Å². The third-order valence-electron chi connectivity index (χ3n) is 7.68. The number of para-hydroxylation sites is 2. The van der Waals surface area contributed by atoms with Gasteiger partial charge in [0.1, 0.15) is 23.7 Å². The quantitative estimate of drug-likeness (QED) is 0.293. The summed E-state index contributed by atoms with van der Waals surface area (Å²) in [6, 6.07) is 16.5. The number of rotatable bonds is 11. The Balaban J connectivity index is 1.47. The van der Waals surface area contributed by atoms with Gasteiger partial charge in [-0.3, -0.25) is 9.59 Å². The summed E-state index contributed by atoms with van der Waals surface area (Å²) in [6.45, 7) is 1.66. The number of hydrogen-bond donors (Lipinski definition) is 4. The van der Waals surface area contributed by atoms with Gasteiger partial charge in [0.05, 0.1) is 18.6 Å². The predicted octanol–water partition coefficient (Wildman–Crippen LogP) is 2.62. The van der Waals surface area contributed by atoms with E-state index in [0.29, 0.717) is 37.1 Å². The average molecular weight is 546 g/mol. The first-order chi connectivity index (χ1) is 19.4. The maximum Gasteiger partial charge on any atom is 0.247 e. The number of hydrogen-bond acceptors (Lipinski definition) is 6. The van der Waals surface area contributed by atoms with Crippen molar-refractivity contribution in [2.45, 2.75) is 56.8 Å². The molecule has 210 valence electrons. The van der Waals surface area contributed by atoms with E-state index in [1.807, 2.05) is 48.5 Å². The Hall–Kier alpha value is -3.95. The van der Waals surface area contributed by atoms with Crippen LogP contribution in [-0.4, -0.2) is 75.6 Å². The van der Waals surface area contributed by atoms with Crippen LogP contribution in [0.25, 0.3) is 10.9 Å². The monoisotopic (exact) mass is 545 g/mol. The number of aromatic amines is 1. The lowest BCUT2D eigenvalue weighted by Gasteiger charge is -2.40. The third kappa shape index (κ3) is 5.66. The fourth-order valence-corrected chi connectivity index (χ4v) is 5.77. The molecule has 2 aromatic carbocycles. The lowest BCUT2D eigenvalue weighted by atomic mass is 9.77. The zero-order chi connectivity index (χ0) is 28.2. The molecule has 5 rings (SSSR count). The number of H-pyrrole nitrogens is 1. The topological polar surface area (TPSA) is 132 Å². The molecule has 0 fully saturated rings. The van der Waals surface area contributed by atoms with Crippen molar-refractivity contribution in [2.24, 2.45) is 0 Å². The Bertz CT molecular complexity index is 1400. The Morgan fingerprint density at radius 1 is 1.07 bits per heavy atom. The number of fused-ring (bicyclic) bond motifs is 4. The van der Waals surface area contributed by atoms with E-state index in [0.717, 1.165) is 22.2 Å². The van der Waals surface area contributed by atoms with Crippen LogP contribution in [0.5, 0.6) is 5.75 Å². The van der Waals surface area contributed by atoms with Crippen LogP contribution < -0.4 is 10.1 Å². The zero-order valence-corrected chi connectivity index (χ0v) is 22.5. The number of carbonyl (C=O) groups is 3. The van der Waals surface area contributed by atoms with Gasteiger partial charge in [0.2, 0.25) is 11.8 Å². The van der Waals surface area contributed by atoms with Gasteiger partial charge >= 0.3 is 0 Å². The number of ether oxygens (including phenoxy) is 1. The SMILES string of the molecule is CC(=O)CCCC(=O)N(CCc1cc2ccccc2[nH]1)C1C=C(C(=O)NCCO)C2c3ccccc3OC2C1O. The van der Waals surface area contributed by atoms with Crippen molar-refractivity contribution in [3.8, 4) is 5.75 Å². The summed E-state index contributed by atoms with van der Waals surface area (Å²) in [6.07, 6.45) is 1.17. The van der Waals surface area contributed by atoms with E-state index >= 15 is 0 Å². The molecule has 2 amide bonds. The Morgan fingerprint density at radius 3 is 2.62 bits per heavy atom. The van der Waals surface area contributed by atoms with Gasteiger partial charge in [0.25, 0.3) is 0 Å². The van der Waals surface area contributed by atoms with Crippen molar-refractivity contribution < 1.29 is 29.3 Å². The molecule has 0 spiro atoms. The molecular formula is C31H35N3O6.